The molecule has 0 saturated carbocycles. The van der Waals surface area contributed by atoms with E-state index in [1.54, 1.807) is 22.9 Å². The van der Waals surface area contributed by atoms with Crippen molar-refractivity contribution in [3.05, 3.63) is 39.1 Å². The topological polar surface area (TPSA) is 60.7 Å². The van der Waals surface area contributed by atoms with Gasteiger partial charge in [-0.25, -0.2) is 14.6 Å². The van der Waals surface area contributed by atoms with Crippen LogP contribution in [0.15, 0.2) is 23.0 Å². The van der Waals surface area contributed by atoms with Crippen molar-refractivity contribution in [3.63, 3.8) is 0 Å². The molecule has 0 saturated heterocycles. The number of benzene rings is 1. The molecule has 0 fully saturated rings. The van der Waals surface area contributed by atoms with Gasteiger partial charge in [0.2, 0.25) is 5.43 Å². The molecule has 20 heavy (non-hydrogen) atoms. The highest BCUT2D eigenvalue weighted by atomic mass is 35.5. The van der Waals surface area contributed by atoms with Crippen molar-refractivity contribution in [1.29, 1.82) is 0 Å². The molecular formula is C14H13ClN4O. The van der Waals surface area contributed by atoms with Gasteiger partial charge in [0.1, 0.15) is 5.69 Å². The third kappa shape index (κ3) is 1.94. The van der Waals surface area contributed by atoms with Crippen LogP contribution < -0.4 is 5.43 Å². The zero-order valence-electron chi connectivity index (χ0n) is 11.2. The molecule has 3 aromatic rings. The molecule has 0 bridgehead atoms. The Bertz CT molecular complexity index is 872. The highest BCUT2D eigenvalue weighted by Crippen LogP contribution is 2.18. The molecule has 0 N–H and O–H groups in total. The van der Waals surface area contributed by atoms with Crippen LogP contribution in [-0.2, 0) is 13.0 Å². The summed E-state index contributed by atoms with van der Waals surface area (Å²) in [6, 6.07) is 5.26. The first kappa shape index (κ1) is 13.0. The molecule has 3 rings (SSSR count). The second kappa shape index (κ2) is 4.83. The minimum atomic E-state index is -0.151. The third-order valence-electron chi connectivity index (χ3n) is 3.21. The van der Waals surface area contributed by atoms with Crippen LogP contribution in [0.5, 0.6) is 0 Å². The maximum absolute atomic E-state index is 12.3. The minimum absolute atomic E-state index is 0.151. The van der Waals surface area contributed by atoms with Gasteiger partial charge in [0.25, 0.3) is 0 Å². The van der Waals surface area contributed by atoms with Crippen molar-refractivity contribution in [2.75, 3.05) is 0 Å². The van der Waals surface area contributed by atoms with Gasteiger partial charge >= 0.3 is 0 Å². The van der Waals surface area contributed by atoms with Gasteiger partial charge in [0.05, 0.1) is 11.0 Å². The third-order valence-corrected chi connectivity index (χ3v) is 3.44. The normalized spacial score (nSPS) is 11.3. The lowest BCUT2D eigenvalue weighted by atomic mass is 10.2. The van der Waals surface area contributed by atoms with E-state index in [1.807, 2.05) is 13.8 Å². The van der Waals surface area contributed by atoms with Gasteiger partial charge < -0.3 is 0 Å². The second-order valence-electron chi connectivity index (χ2n) is 4.47. The maximum Gasteiger partial charge on any atom is 0.231 e. The molecule has 0 aliphatic carbocycles. The summed E-state index contributed by atoms with van der Waals surface area (Å²) < 4.78 is 1.72. The van der Waals surface area contributed by atoms with Gasteiger partial charge in [-0.05, 0) is 31.5 Å². The molecule has 0 atom stereocenters. The molecule has 102 valence electrons. The number of aromatic nitrogens is 4. The maximum atomic E-state index is 12.3. The average molecular weight is 289 g/mol. The van der Waals surface area contributed by atoms with E-state index in [9.17, 15) is 4.79 Å². The largest absolute Gasteiger partial charge is 0.285 e. The smallest absolute Gasteiger partial charge is 0.231 e. The van der Waals surface area contributed by atoms with Crippen molar-refractivity contribution in [2.24, 2.45) is 0 Å². The van der Waals surface area contributed by atoms with Crippen LogP contribution in [0.2, 0.25) is 5.02 Å². The predicted molar refractivity (Wildman–Crippen MR) is 79.2 cm³/mol. The summed E-state index contributed by atoms with van der Waals surface area (Å²) in [6.45, 7) is 4.50. The van der Waals surface area contributed by atoms with Crippen molar-refractivity contribution < 1.29 is 0 Å². The van der Waals surface area contributed by atoms with E-state index in [0.717, 1.165) is 0 Å². The van der Waals surface area contributed by atoms with Crippen LogP contribution in [0.4, 0.5) is 0 Å². The fraction of sp³-hybridized carbons (Fsp3) is 0.286. The fourth-order valence-corrected chi connectivity index (χ4v) is 2.34. The Morgan fingerprint density at radius 1 is 1.20 bits per heavy atom. The number of halogens is 1. The van der Waals surface area contributed by atoms with Gasteiger partial charge in [-0.2, -0.15) is 5.10 Å². The summed E-state index contributed by atoms with van der Waals surface area (Å²) in [6.07, 6.45) is 0.573. The second-order valence-corrected chi connectivity index (χ2v) is 4.91. The van der Waals surface area contributed by atoms with E-state index in [0.29, 0.717) is 45.9 Å². The van der Waals surface area contributed by atoms with Crippen molar-refractivity contribution >= 4 is 33.8 Å². The Hall–Kier alpha value is -2.01. The van der Waals surface area contributed by atoms with Crippen LogP contribution in [0.1, 0.15) is 19.5 Å². The standard InChI is InChI=1S/C14H13ClN4O/c1-3-9-13(20)12-14(19(4-2)18-9)17-10-6-5-8(15)7-11(10)16-12/h5-7H,3-4H2,1-2H3. The van der Waals surface area contributed by atoms with Crippen LogP contribution in [0.3, 0.4) is 0 Å². The first-order valence-electron chi connectivity index (χ1n) is 6.51. The van der Waals surface area contributed by atoms with Crippen molar-refractivity contribution in [3.8, 4) is 0 Å². The molecule has 0 unspecified atom stereocenters. The summed E-state index contributed by atoms with van der Waals surface area (Å²) in [5.74, 6) is 0. The molecule has 5 nitrogen and oxygen atoms in total. The number of fused-ring (bicyclic) bond motifs is 2. The monoisotopic (exact) mass is 288 g/mol. The van der Waals surface area contributed by atoms with E-state index in [4.69, 9.17) is 11.6 Å². The first-order chi connectivity index (χ1) is 9.63. The van der Waals surface area contributed by atoms with Gasteiger partial charge in [0, 0.05) is 11.6 Å². The summed E-state index contributed by atoms with van der Waals surface area (Å²) in [5.41, 5.74) is 2.56. The van der Waals surface area contributed by atoms with E-state index >= 15 is 0 Å². The minimum Gasteiger partial charge on any atom is -0.285 e. The quantitative estimate of drug-likeness (QED) is 0.680. The van der Waals surface area contributed by atoms with Gasteiger partial charge in [-0.15, -0.1) is 0 Å². The van der Waals surface area contributed by atoms with Gasteiger partial charge in [0.15, 0.2) is 11.2 Å². The molecule has 6 heteroatoms. The predicted octanol–water partition coefficient (Wildman–Crippen LogP) is 2.58. The van der Waals surface area contributed by atoms with E-state index < -0.39 is 0 Å². The molecule has 1 aromatic carbocycles. The average Bonchev–Trinajstić information content (AvgIpc) is 2.46. The Labute approximate surface area is 120 Å². The highest BCUT2D eigenvalue weighted by molar-refractivity contribution is 6.31. The highest BCUT2D eigenvalue weighted by Gasteiger charge is 2.13. The summed E-state index contributed by atoms with van der Waals surface area (Å²) >= 11 is 5.96. The molecule has 0 spiro atoms. The Balaban J connectivity index is 2.50. The molecule has 0 radical (unpaired) electrons. The van der Waals surface area contributed by atoms with Crippen LogP contribution >= 0.6 is 11.6 Å². The summed E-state index contributed by atoms with van der Waals surface area (Å²) in [7, 11) is 0. The fourth-order valence-electron chi connectivity index (χ4n) is 2.18. The van der Waals surface area contributed by atoms with E-state index in [-0.39, 0.29) is 5.43 Å². The molecular weight excluding hydrogens is 276 g/mol. The summed E-state index contributed by atoms with van der Waals surface area (Å²) in [5, 5.41) is 4.91. The number of rotatable bonds is 2. The SMILES string of the molecule is CCc1nn(CC)c2nc3ccc(Cl)cc3nc2c1=O. The lowest BCUT2D eigenvalue weighted by Crippen LogP contribution is -2.20. The zero-order valence-corrected chi connectivity index (χ0v) is 12.0. The lowest BCUT2D eigenvalue weighted by Gasteiger charge is -2.09. The Morgan fingerprint density at radius 2 is 2.00 bits per heavy atom. The van der Waals surface area contributed by atoms with E-state index in [1.165, 1.54) is 0 Å². The Morgan fingerprint density at radius 3 is 2.70 bits per heavy atom. The van der Waals surface area contributed by atoms with Crippen LogP contribution in [0, 0.1) is 0 Å². The number of hydrogen-bond acceptors (Lipinski definition) is 4. The molecule has 2 heterocycles. The molecule has 0 aliphatic heterocycles. The number of aryl methyl sites for hydroxylation is 2. The number of hydrogen-bond donors (Lipinski definition) is 0. The molecule has 0 amide bonds. The van der Waals surface area contributed by atoms with Crippen LogP contribution in [0.25, 0.3) is 22.2 Å². The molecule has 2 aromatic heterocycles. The zero-order chi connectivity index (χ0) is 14.3. The van der Waals surface area contributed by atoms with Crippen molar-refractivity contribution in [2.45, 2.75) is 26.8 Å². The van der Waals surface area contributed by atoms with E-state index in [2.05, 4.69) is 15.1 Å². The summed E-state index contributed by atoms with van der Waals surface area (Å²) in [4.78, 5) is 21.3. The van der Waals surface area contributed by atoms with Crippen LogP contribution in [-0.4, -0.2) is 19.7 Å². The Kier molecular flexibility index (Phi) is 3.14. The van der Waals surface area contributed by atoms with Gasteiger partial charge in [-0.3, -0.25) is 4.79 Å². The number of nitrogens with zero attached hydrogens (tertiary/aromatic N) is 4. The van der Waals surface area contributed by atoms with Gasteiger partial charge in [-0.1, -0.05) is 18.5 Å². The lowest BCUT2D eigenvalue weighted by molar-refractivity contribution is 0.641. The van der Waals surface area contributed by atoms with Crippen molar-refractivity contribution in [1.82, 2.24) is 19.7 Å². The molecule has 0 aliphatic rings. The first-order valence-corrected chi connectivity index (χ1v) is 6.88.